The molecule has 7 heteroatoms. The topological polar surface area (TPSA) is 58.2 Å². The third-order valence-electron chi connectivity index (χ3n) is 3.82. The Morgan fingerprint density at radius 2 is 2.12 bits per heavy atom. The molecule has 0 bridgehead atoms. The van der Waals surface area contributed by atoms with Crippen molar-refractivity contribution in [3.8, 4) is 0 Å². The SMILES string of the molecule is Cc1cc(Br)ccc1NC(=O)CNC(=O)CCCCC1CCSS1. The van der Waals surface area contributed by atoms with Crippen molar-refractivity contribution in [2.75, 3.05) is 17.6 Å². The average molecular weight is 431 g/mol. The number of carbonyl (C=O) groups is 2. The van der Waals surface area contributed by atoms with Crippen LogP contribution in [-0.2, 0) is 9.59 Å². The van der Waals surface area contributed by atoms with Gasteiger partial charge in [0.15, 0.2) is 0 Å². The van der Waals surface area contributed by atoms with Crippen LogP contribution in [0.4, 0.5) is 5.69 Å². The molecule has 1 aromatic rings. The second-order valence-electron chi connectivity index (χ2n) is 5.86. The number of unbranched alkanes of at least 4 members (excludes halogenated alkanes) is 1. The number of amides is 2. The molecule has 0 aliphatic carbocycles. The number of nitrogens with one attached hydrogen (secondary N) is 2. The largest absolute Gasteiger partial charge is 0.347 e. The standard InChI is InChI=1S/C17H23BrN2O2S2/c1-12-10-13(18)6-7-15(12)20-17(22)11-19-16(21)5-3-2-4-14-8-9-23-24-14/h6-7,10,14H,2-5,8-9,11H2,1H3,(H,19,21)(H,20,22). The quantitative estimate of drug-likeness (QED) is 0.469. The molecule has 2 amide bonds. The van der Waals surface area contributed by atoms with Crippen molar-refractivity contribution >= 4 is 55.0 Å². The van der Waals surface area contributed by atoms with Gasteiger partial charge in [-0.1, -0.05) is 43.9 Å². The maximum Gasteiger partial charge on any atom is 0.243 e. The number of benzene rings is 1. The van der Waals surface area contributed by atoms with Crippen molar-refractivity contribution in [2.24, 2.45) is 0 Å². The Hall–Kier alpha value is -0.660. The predicted octanol–water partition coefficient (Wildman–Crippen LogP) is 4.53. The lowest BCUT2D eigenvalue weighted by Gasteiger charge is -2.10. The maximum absolute atomic E-state index is 11.9. The zero-order valence-corrected chi connectivity index (χ0v) is 17.0. The number of halogens is 1. The molecule has 0 spiro atoms. The fourth-order valence-corrected chi connectivity index (χ4v) is 5.95. The van der Waals surface area contributed by atoms with E-state index in [4.69, 9.17) is 0 Å². The molecule has 1 unspecified atom stereocenters. The summed E-state index contributed by atoms with van der Waals surface area (Å²) in [6.07, 6.45) is 4.94. The third-order valence-corrected chi connectivity index (χ3v) is 7.32. The second kappa shape index (κ2) is 10.4. The van der Waals surface area contributed by atoms with Gasteiger partial charge in [0, 0.05) is 27.6 Å². The van der Waals surface area contributed by atoms with Gasteiger partial charge in [0.2, 0.25) is 11.8 Å². The van der Waals surface area contributed by atoms with E-state index in [0.717, 1.165) is 33.8 Å². The number of hydrogen-bond acceptors (Lipinski definition) is 4. The van der Waals surface area contributed by atoms with Crippen LogP contribution in [0, 0.1) is 6.92 Å². The molecule has 1 saturated heterocycles. The van der Waals surface area contributed by atoms with Gasteiger partial charge in [-0.25, -0.2) is 0 Å². The average Bonchev–Trinajstić information content (AvgIpc) is 3.06. The van der Waals surface area contributed by atoms with Crippen LogP contribution in [0.15, 0.2) is 22.7 Å². The highest BCUT2D eigenvalue weighted by atomic mass is 79.9. The molecule has 132 valence electrons. The molecule has 0 radical (unpaired) electrons. The Bertz CT molecular complexity index is 578. The van der Waals surface area contributed by atoms with Crippen LogP contribution in [0.5, 0.6) is 0 Å². The summed E-state index contributed by atoms with van der Waals surface area (Å²) in [6.45, 7) is 1.95. The van der Waals surface area contributed by atoms with Gasteiger partial charge >= 0.3 is 0 Å². The van der Waals surface area contributed by atoms with Crippen LogP contribution in [-0.4, -0.2) is 29.4 Å². The van der Waals surface area contributed by atoms with Gasteiger partial charge in [-0.2, -0.15) is 0 Å². The lowest BCUT2D eigenvalue weighted by Crippen LogP contribution is -2.32. The maximum atomic E-state index is 11.9. The van der Waals surface area contributed by atoms with Crippen LogP contribution in [0.3, 0.4) is 0 Å². The first-order valence-corrected chi connectivity index (χ1v) is 11.3. The van der Waals surface area contributed by atoms with Crippen molar-refractivity contribution in [2.45, 2.75) is 44.3 Å². The van der Waals surface area contributed by atoms with Gasteiger partial charge in [-0.3, -0.25) is 9.59 Å². The van der Waals surface area contributed by atoms with E-state index in [1.54, 1.807) is 0 Å². The molecule has 1 aliphatic heterocycles. The van der Waals surface area contributed by atoms with Crippen LogP contribution < -0.4 is 10.6 Å². The van der Waals surface area contributed by atoms with Crippen molar-refractivity contribution < 1.29 is 9.59 Å². The molecule has 2 rings (SSSR count). The molecular formula is C17H23BrN2O2S2. The summed E-state index contributed by atoms with van der Waals surface area (Å²) in [5.74, 6) is 1.00. The Morgan fingerprint density at radius 1 is 1.29 bits per heavy atom. The molecule has 24 heavy (non-hydrogen) atoms. The van der Waals surface area contributed by atoms with Crippen LogP contribution >= 0.6 is 37.5 Å². The first-order chi connectivity index (χ1) is 11.5. The lowest BCUT2D eigenvalue weighted by atomic mass is 10.1. The van der Waals surface area contributed by atoms with Crippen LogP contribution in [0.25, 0.3) is 0 Å². The summed E-state index contributed by atoms with van der Waals surface area (Å²) >= 11 is 3.39. The predicted molar refractivity (Wildman–Crippen MR) is 107 cm³/mol. The van der Waals surface area contributed by atoms with Crippen molar-refractivity contribution in [1.29, 1.82) is 0 Å². The molecule has 4 nitrogen and oxygen atoms in total. The summed E-state index contributed by atoms with van der Waals surface area (Å²) < 4.78 is 0.973. The molecule has 1 heterocycles. The molecule has 0 aromatic heterocycles. The van der Waals surface area contributed by atoms with E-state index in [9.17, 15) is 9.59 Å². The summed E-state index contributed by atoms with van der Waals surface area (Å²) in [5, 5.41) is 6.27. The Kier molecular flexibility index (Phi) is 8.49. The molecule has 0 saturated carbocycles. The minimum absolute atomic E-state index is 0.0173. The van der Waals surface area contributed by atoms with E-state index in [2.05, 4.69) is 26.6 Å². The van der Waals surface area contributed by atoms with Crippen molar-refractivity contribution in [3.05, 3.63) is 28.2 Å². The van der Waals surface area contributed by atoms with E-state index in [0.29, 0.717) is 6.42 Å². The van der Waals surface area contributed by atoms with E-state index >= 15 is 0 Å². The normalized spacial score (nSPS) is 16.8. The minimum atomic E-state index is -0.201. The zero-order chi connectivity index (χ0) is 17.4. The first-order valence-electron chi connectivity index (χ1n) is 8.15. The van der Waals surface area contributed by atoms with E-state index in [-0.39, 0.29) is 18.4 Å². The zero-order valence-electron chi connectivity index (χ0n) is 13.8. The fourth-order valence-electron chi connectivity index (χ4n) is 2.45. The number of hydrogen-bond donors (Lipinski definition) is 2. The Labute approximate surface area is 159 Å². The smallest absolute Gasteiger partial charge is 0.243 e. The summed E-state index contributed by atoms with van der Waals surface area (Å²) in [5.41, 5.74) is 1.75. The van der Waals surface area contributed by atoms with E-state index in [1.165, 1.54) is 18.6 Å². The van der Waals surface area contributed by atoms with Crippen LogP contribution in [0.1, 0.15) is 37.7 Å². The lowest BCUT2D eigenvalue weighted by molar-refractivity contribution is -0.124. The number of anilines is 1. The number of carbonyl (C=O) groups excluding carboxylic acids is 2. The first kappa shape index (κ1) is 19.7. The van der Waals surface area contributed by atoms with E-state index in [1.807, 2.05) is 46.7 Å². The summed E-state index contributed by atoms with van der Waals surface area (Å²) in [4.78, 5) is 23.7. The van der Waals surface area contributed by atoms with Gasteiger partial charge in [-0.15, -0.1) is 0 Å². The second-order valence-corrected chi connectivity index (χ2v) is 9.56. The van der Waals surface area contributed by atoms with Gasteiger partial charge in [0.25, 0.3) is 0 Å². The van der Waals surface area contributed by atoms with Crippen LogP contribution in [0.2, 0.25) is 0 Å². The van der Waals surface area contributed by atoms with Crippen molar-refractivity contribution in [1.82, 2.24) is 5.32 Å². The number of rotatable bonds is 8. The molecule has 1 aromatic carbocycles. The fraction of sp³-hybridized carbons (Fsp3) is 0.529. The summed E-state index contributed by atoms with van der Waals surface area (Å²) in [6, 6.07) is 5.66. The van der Waals surface area contributed by atoms with Gasteiger partial charge in [-0.05, 0) is 49.9 Å². The highest BCUT2D eigenvalue weighted by molar-refractivity contribution is 9.10. The molecule has 1 fully saturated rings. The van der Waals surface area contributed by atoms with Gasteiger partial charge < -0.3 is 10.6 Å². The monoisotopic (exact) mass is 430 g/mol. The molecule has 1 aliphatic rings. The molecular weight excluding hydrogens is 408 g/mol. The molecule has 1 atom stereocenters. The highest BCUT2D eigenvalue weighted by Gasteiger charge is 2.16. The highest BCUT2D eigenvalue weighted by Crippen LogP contribution is 2.39. The van der Waals surface area contributed by atoms with Gasteiger partial charge in [0.1, 0.15) is 0 Å². The van der Waals surface area contributed by atoms with E-state index < -0.39 is 0 Å². The van der Waals surface area contributed by atoms with Gasteiger partial charge in [0.05, 0.1) is 6.54 Å². The molecule has 2 N–H and O–H groups in total. The van der Waals surface area contributed by atoms with Crippen molar-refractivity contribution in [3.63, 3.8) is 0 Å². The Balaban J connectivity index is 1.59. The summed E-state index contributed by atoms with van der Waals surface area (Å²) in [7, 11) is 3.93. The Morgan fingerprint density at radius 3 is 2.83 bits per heavy atom. The third kappa shape index (κ3) is 7.07. The number of aryl methyl sites for hydroxylation is 1. The minimum Gasteiger partial charge on any atom is -0.347 e.